The first-order valence-electron chi connectivity index (χ1n) is 6.55. The summed E-state index contributed by atoms with van der Waals surface area (Å²) in [6, 6.07) is 4.97. The summed E-state index contributed by atoms with van der Waals surface area (Å²) in [5.74, 6) is -1.35. The first-order chi connectivity index (χ1) is 9.44. The number of carboxylic acids is 1. The molecule has 0 bridgehead atoms. The summed E-state index contributed by atoms with van der Waals surface area (Å²) >= 11 is 3.28. The fraction of sp³-hybridized carbons (Fsp3) is 0.429. The molecule has 0 unspecified atom stereocenters. The van der Waals surface area contributed by atoms with Crippen LogP contribution in [0.3, 0.4) is 0 Å². The van der Waals surface area contributed by atoms with Crippen molar-refractivity contribution in [3.8, 4) is 0 Å². The van der Waals surface area contributed by atoms with Gasteiger partial charge in [0, 0.05) is 10.2 Å². The number of primary amides is 1. The first-order valence-corrected chi connectivity index (χ1v) is 7.35. The lowest BCUT2D eigenvalue weighted by Gasteiger charge is -2.35. The van der Waals surface area contributed by atoms with Crippen LogP contribution >= 0.6 is 15.9 Å². The zero-order valence-corrected chi connectivity index (χ0v) is 12.6. The van der Waals surface area contributed by atoms with Crippen LogP contribution in [0.2, 0.25) is 0 Å². The summed E-state index contributed by atoms with van der Waals surface area (Å²) in [7, 11) is 0. The normalized spacial score (nSPS) is 17.4. The van der Waals surface area contributed by atoms with Crippen LogP contribution in [0.5, 0.6) is 0 Å². The third kappa shape index (κ3) is 2.95. The molecule has 5 nitrogen and oxygen atoms in total. The van der Waals surface area contributed by atoms with Crippen LogP contribution in [-0.4, -0.2) is 22.5 Å². The number of nitrogens with two attached hydrogens (primary N) is 1. The fourth-order valence-corrected chi connectivity index (χ4v) is 3.19. The van der Waals surface area contributed by atoms with Crippen molar-refractivity contribution in [2.75, 3.05) is 5.32 Å². The van der Waals surface area contributed by atoms with E-state index in [9.17, 15) is 14.7 Å². The van der Waals surface area contributed by atoms with E-state index in [4.69, 9.17) is 5.73 Å². The highest BCUT2D eigenvalue weighted by Gasteiger charge is 2.39. The van der Waals surface area contributed by atoms with Crippen molar-refractivity contribution in [2.24, 2.45) is 5.73 Å². The van der Waals surface area contributed by atoms with Gasteiger partial charge in [0.05, 0.1) is 5.56 Å². The minimum absolute atomic E-state index is 0.378. The second kappa shape index (κ2) is 5.83. The Labute approximate surface area is 125 Å². The average Bonchev–Trinajstić information content (AvgIpc) is 2.39. The molecule has 0 radical (unpaired) electrons. The molecule has 1 aromatic rings. The Kier molecular flexibility index (Phi) is 4.32. The van der Waals surface area contributed by atoms with Crippen molar-refractivity contribution < 1.29 is 14.7 Å². The van der Waals surface area contributed by atoms with Crippen LogP contribution in [0.1, 0.15) is 42.5 Å². The number of nitrogens with one attached hydrogen (secondary N) is 1. The number of amides is 1. The molecule has 108 valence electrons. The maximum absolute atomic E-state index is 11.6. The molecule has 1 saturated carbocycles. The SMILES string of the molecule is NC(=O)c1ccc(NC2(C(=O)O)CCCCC2)cc1Br. The Hall–Kier alpha value is -1.56. The van der Waals surface area contributed by atoms with Crippen molar-refractivity contribution in [1.29, 1.82) is 0 Å². The third-order valence-electron chi connectivity index (χ3n) is 3.73. The highest BCUT2D eigenvalue weighted by Crippen LogP contribution is 2.33. The molecule has 0 aliphatic heterocycles. The molecular formula is C14H17BrN2O3. The minimum Gasteiger partial charge on any atom is -0.480 e. The monoisotopic (exact) mass is 340 g/mol. The van der Waals surface area contributed by atoms with E-state index in [2.05, 4.69) is 21.2 Å². The Balaban J connectivity index is 2.25. The number of anilines is 1. The van der Waals surface area contributed by atoms with Gasteiger partial charge in [-0.15, -0.1) is 0 Å². The number of aliphatic carboxylic acids is 1. The highest BCUT2D eigenvalue weighted by atomic mass is 79.9. The van der Waals surface area contributed by atoms with Crippen molar-refractivity contribution in [3.05, 3.63) is 28.2 Å². The standard InChI is InChI=1S/C14H17BrN2O3/c15-11-8-9(4-5-10(11)12(16)18)17-14(13(19)20)6-2-1-3-7-14/h4-5,8,17H,1-3,6-7H2,(H2,16,18)(H,19,20). The van der Waals surface area contributed by atoms with Gasteiger partial charge in [-0.2, -0.15) is 0 Å². The second-order valence-corrected chi connectivity index (χ2v) is 5.99. The lowest BCUT2D eigenvalue weighted by atomic mass is 9.81. The molecule has 0 aromatic heterocycles. The summed E-state index contributed by atoms with van der Waals surface area (Å²) < 4.78 is 0.561. The average molecular weight is 341 g/mol. The lowest BCUT2D eigenvalue weighted by Crippen LogP contribution is -2.47. The molecule has 1 amide bonds. The smallest absolute Gasteiger partial charge is 0.329 e. The first kappa shape index (κ1) is 14.8. The zero-order valence-electron chi connectivity index (χ0n) is 11.0. The quantitative estimate of drug-likeness (QED) is 0.785. The van der Waals surface area contributed by atoms with E-state index in [0.29, 0.717) is 28.6 Å². The Morgan fingerprint density at radius 3 is 2.40 bits per heavy atom. The third-order valence-corrected chi connectivity index (χ3v) is 4.39. The number of hydrogen-bond acceptors (Lipinski definition) is 3. The van der Waals surface area contributed by atoms with E-state index in [1.165, 1.54) is 0 Å². The molecule has 6 heteroatoms. The van der Waals surface area contributed by atoms with E-state index in [0.717, 1.165) is 19.3 Å². The number of halogens is 1. The molecule has 2 rings (SSSR count). The molecule has 1 aromatic carbocycles. The molecule has 20 heavy (non-hydrogen) atoms. The fourth-order valence-electron chi connectivity index (χ4n) is 2.62. The maximum Gasteiger partial charge on any atom is 0.329 e. The van der Waals surface area contributed by atoms with Gasteiger partial charge in [0.1, 0.15) is 5.54 Å². The highest BCUT2D eigenvalue weighted by molar-refractivity contribution is 9.10. The summed E-state index contributed by atoms with van der Waals surface area (Å²) in [4.78, 5) is 22.8. The van der Waals surface area contributed by atoms with E-state index >= 15 is 0 Å². The number of rotatable bonds is 4. The van der Waals surface area contributed by atoms with Gasteiger partial charge < -0.3 is 16.2 Å². The van der Waals surface area contributed by atoms with Gasteiger partial charge in [-0.3, -0.25) is 4.79 Å². The van der Waals surface area contributed by atoms with E-state index < -0.39 is 17.4 Å². The Morgan fingerprint density at radius 1 is 1.25 bits per heavy atom. The van der Waals surface area contributed by atoms with E-state index in [1.54, 1.807) is 18.2 Å². The summed E-state index contributed by atoms with van der Waals surface area (Å²) in [5.41, 5.74) is 5.38. The molecule has 0 saturated heterocycles. The second-order valence-electron chi connectivity index (χ2n) is 5.13. The molecule has 1 aliphatic rings. The molecule has 4 N–H and O–H groups in total. The molecule has 0 atom stereocenters. The van der Waals surface area contributed by atoms with Crippen LogP contribution in [0.4, 0.5) is 5.69 Å². The van der Waals surface area contributed by atoms with Gasteiger partial charge >= 0.3 is 5.97 Å². The topological polar surface area (TPSA) is 92.4 Å². The maximum atomic E-state index is 11.6. The van der Waals surface area contributed by atoms with Crippen LogP contribution in [0.15, 0.2) is 22.7 Å². The molecular weight excluding hydrogens is 324 g/mol. The van der Waals surface area contributed by atoms with Gasteiger partial charge in [0.15, 0.2) is 0 Å². The number of hydrogen-bond donors (Lipinski definition) is 3. The minimum atomic E-state index is -0.911. The van der Waals surface area contributed by atoms with E-state index in [-0.39, 0.29) is 0 Å². The van der Waals surface area contributed by atoms with Gasteiger partial charge in [0.25, 0.3) is 0 Å². The van der Waals surface area contributed by atoms with Crippen LogP contribution in [0, 0.1) is 0 Å². The van der Waals surface area contributed by atoms with Crippen LogP contribution in [0.25, 0.3) is 0 Å². The predicted molar refractivity (Wildman–Crippen MR) is 79.7 cm³/mol. The van der Waals surface area contributed by atoms with Crippen LogP contribution in [-0.2, 0) is 4.79 Å². The van der Waals surface area contributed by atoms with Gasteiger partial charge in [-0.05, 0) is 47.0 Å². The Bertz CT molecular complexity index is 539. The predicted octanol–water partition coefficient (Wildman–Crippen LogP) is 2.75. The molecule has 0 heterocycles. The van der Waals surface area contributed by atoms with Crippen LogP contribution < -0.4 is 11.1 Å². The molecule has 1 fully saturated rings. The van der Waals surface area contributed by atoms with E-state index in [1.807, 2.05) is 0 Å². The van der Waals surface area contributed by atoms with Crippen molar-refractivity contribution in [1.82, 2.24) is 0 Å². The summed E-state index contributed by atoms with van der Waals surface area (Å²) in [6.07, 6.45) is 4.09. The summed E-state index contributed by atoms with van der Waals surface area (Å²) in [5, 5.41) is 12.6. The van der Waals surface area contributed by atoms with Gasteiger partial charge in [0.2, 0.25) is 5.91 Å². The zero-order chi connectivity index (χ0) is 14.8. The Morgan fingerprint density at radius 2 is 1.90 bits per heavy atom. The van der Waals surface area contributed by atoms with Crippen molar-refractivity contribution in [2.45, 2.75) is 37.6 Å². The van der Waals surface area contributed by atoms with Gasteiger partial charge in [-0.1, -0.05) is 19.3 Å². The van der Waals surface area contributed by atoms with Gasteiger partial charge in [-0.25, -0.2) is 4.79 Å². The summed E-state index contributed by atoms with van der Waals surface area (Å²) in [6.45, 7) is 0. The number of carbonyl (C=O) groups excluding carboxylic acids is 1. The number of carboxylic acid groups (broad SMARTS) is 1. The van der Waals surface area contributed by atoms with Crippen molar-refractivity contribution >= 4 is 33.5 Å². The van der Waals surface area contributed by atoms with Crippen molar-refractivity contribution in [3.63, 3.8) is 0 Å². The lowest BCUT2D eigenvalue weighted by molar-refractivity contribution is -0.143. The molecule has 1 aliphatic carbocycles. The molecule has 0 spiro atoms. The number of carbonyl (C=O) groups is 2. The largest absolute Gasteiger partial charge is 0.480 e. The number of benzene rings is 1.